The smallest absolute Gasteiger partial charge is 0.148 e. The number of nitrogens with one attached hydrogen (secondary N) is 1. The maximum atomic E-state index is 12.8. The van der Waals surface area contributed by atoms with E-state index < -0.39 is 5.82 Å². The molecule has 1 rings (SSSR count). The molecule has 1 aromatic carbocycles. The number of benzene rings is 1. The van der Waals surface area contributed by atoms with Gasteiger partial charge in [-0.05, 0) is 12.1 Å². The van der Waals surface area contributed by atoms with Crippen molar-refractivity contribution >= 4 is 12.0 Å². The van der Waals surface area contributed by atoms with Gasteiger partial charge in [0.15, 0.2) is 0 Å². The zero-order chi connectivity index (χ0) is 8.27. The molecule has 0 fully saturated rings. The zero-order valence-corrected chi connectivity index (χ0v) is 5.79. The van der Waals surface area contributed by atoms with Gasteiger partial charge in [-0.2, -0.15) is 0 Å². The van der Waals surface area contributed by atoms with E-state index in [0.717, 1.165) is 11.3 Å². The van der Waals surface area contributed by atoms with E-state index in [1.54, 1.807) is 12.1 Å². The quantitative estimate of drug-likeness (QED) is 0.289. The molecule has 0 saturated heterocycles. The Bertz CT molecular complexity index is 262. The van der Waals surface area contributed by atoms with Gasteiger partial charge in [-0.1, -0.05) is 12.1 Å². The summed E-state index contributed by atoms with van der Waals surface area (Å²) in [6.07, 6.45) is 0.846. The van der Waals surface area contributed by atoms with Crippen LogP contribution in [-0.2, 0) is 0 Å². The number of hydrogen-bond donors (Lipinski definition) is 2. The first kappa shape index (κ1) is 7.68. The minimum Gasteiger partial charge on any atom is -0.290 e. The van der Waals surface area contributed by atoms with Gasteiger partial charge < -0.3 is 0 Å². The van der Waals surface area contributed by atoms with Gasteiger partial charge in [-0.15, -0.1) is 0 Å². The Morgan fingerprint density at radius 1 is 1.45 bits per heavy atom. The number of anilines is 1. The van der Waals surface area contributed by atoms with E-state index >= 15 is 0 Å². The number of halogens is 1. The third-order valence-corrected chi connectivity index (χ3v) is 1.27. The molecule has 11 heavy (non-hydrogen) atoms. The normalized spacial score (nSPS) is 9.27. The number of para-hydroxylation sites is 1. The van der Waals surface area contributed by atoms with Gasteiger partial charge in [0.25, 0.3) is 0 Å². The molecule has 0 bridgehead atoms. The Hall–Kier alpha value is -1.42. The molecule has 0 aliphatic rings. The van der Waals surface area contributed by atoms with Crippen LogP contribution in [0.3, 0.4) is 0 Å². The third-order valence-electron chi connectivity index (χ3n) is 1.27. The predicted octanol–water partition coefficient (Wildman–Crippen LogP) is 1.11. The fourth-order valence-electron chi connectivity index (χ4n) is 0.731. The summed E-state index contributed by atoms with van der Waals surface area (Å²) in [6, 6.07) is 6.01. The van der Waals surface area contributed by atoms with Crippen LogP contribution in [0.2, 0.25) is 0 Å². The molecule has 1 aromatic rings. The summed E-state index contributed by atoms with van der Waals surface area (Å²) < 4.78 is 12.8. The van der Waals surface area contributed by atoms with Gasteiger partial charge in [0.2, 0.25) is 0 Å². The number of nitrogens with zero attached hydrogens (tertiary/aromatic N) is 1. The van der Waals surface area contributed by atoms with Crippen LogP contribution in [-0.4, -0.2) is 6.34 Å². The Morgan fingerprint density at radius 2 is 2.09 bits per heavy atom. The SMILES string of the molecule is N=CN(N)c1ccccc1F. The molecule has 0 amide bonds. The van der Waals surface area contributed by atoms with Gasteiger partial charge in [0, 0.05) is 0 Å². The molecule has 4 heteroatoms. The average molecular weight is 153 g/mol. The van der Waals surface area contributed by atoms with Crippen molar-refractivity contribution in [2.45, 2.75) is 0 Å². The van der Waals surface area contributed by atoms with E-state index in [1.807, 2.05) is 0 Å². The molecule has 0 aromatic heterocycles. The fraction of sp³-hybridized carbons (Fsp3) is 0. The highest BCUT2D eigenvalue weighted by atomic mass is 19.1. The number of nitrogens with two attached hydrogens (primary N) is 1. The first-order chi connectivity index (χ1) is 5.25. The van der Waals surface area contributed by atoms with E-state index in [1.165, 1.54) is 12.1 Å². The van der Waals surface area contributed by atoms with Crippen LogP contribution in [0.1, 0.15) is 0 Å². The van der Waals surface area contributed by atoms with Crippen LogP contribution >= 0.6 is 0 Å². The van der Waals surface area contributed by atoms with Crippen molar-refractivity contribution in [3.05, 3.63) is 30.1 Å². The summed E-state index contributed by atoms with van der Waals surface area (Å²) in [6.45, 7) is 0. The zero-order valence-electron chi connectivity index (χ0n) is 5.79. The highest BCUT2D eigenvalue weighted by Crippen LogP contribution is 2.13. The van der Waals surface area contributed by atoms with Crippen molar-refractivity contribution in [3.8, 4) is 0 Å². The third kappa shape index (κ3) is 1.53. The highest BCUT2D eigenvalue weighted by molar-refractivity contribution is 5.75. The number of hydrazine groups is 1. The summed E-state index contributed by atoms with van der Waals surface area (Å²) in [4.78, 5) is 0. The minimum absolute atomic E-state index is 0.197. The maximum Gasteiger partial charge on any atom is 0.148 e. The first-order valence-corrected chi connectivity index (χ1v) is 3.05. The largest absolute Gasteiger partial charge is 0.290 e. The van der Waals surface area contributed by atoms with Gasteiger partial charge in [-0.3, -0.25) is 10.4 Å². The predicted molar refractivity (Wildman–Crippen MR) is 41.9 cm³/mol. The number of rotatable bonds is 2. The molecule has 0 unspecified atom stereocenters. The van der Waals surface area contributed by atoms with Crippen LogP contribution in [0.4, 0.5) is 10.1 Å². The van der Waals surface area contributed by atoms with Crippen molar-refractivity contribution in [1.82, 2.24) is 0 Å². The van der Waals surface area contributed by atoms with Crippen molar-refractivity contribution < 1.29 is 4.39 Å². The van der Waals surface area contributed by atoms with Gasteiger partial charge in [-0.25, -0.2) is 10.2 Å². The summed E-state index contributed by atoms with van der Waals surface area (Å²) >= 11 is 0. The highest BCUT2D eigenvalue weighted by Gasteiger charge is 2.02. The topological polar surface area (TPSA) is 53.1 Å². The summed E-state index contributed by atoms with van der Waals surface area (Å²) in [5.74, 6) is 4.81. The summed E-state index contributed by atoms with van der Waals surface area (Å²) in [5, 5.41) is 7.66. The molecule has 0 heterocycles. The van der Waals surface area contributed by atoms with Gasteiger partial charge in [0.05, 0.1) is 5.69 Å². The molecule has 0 aliphatic carbocycles. The van der Waals surface area contributed by atoms with E-state index in [4.69, 9.17) is 11.3 Å². The van der Waals surface area contributed by atoms with Gasteiger partial charge >= 0.3 is 0 Å². The molecule has 0 spiro atoms. The minimum atomic E-state index is -0.432. The summed E-state index contributed by atoms with van der Waals surface area (Å²) in [7, 11) is 0. The Labute approximate surface area is 63.7 Å². The first-order valence-electron chi connectivity index (χ1n) is 3.05. The second kappa shape index (κ2) is 3.12. The Morgan fingerprint density at radius 3 is 2.64 bits per heavy atom. The molecule has 0 atom stereocenters. The van der Waals surface area contributed by atoms with Crippen LogP contribution in [0.15, 0.2) is 24.3 Å². The van der Waals surface area contributed by atoms with Crippen LogP contribution in [0.25, 0.3) is 0 Å². The standard InChI is InChI=1S/C7H8FN3/c8-6-3-1-2-4-7(6)11(10)5-9/h1-5,9H,10H2. The molecular formula is C7H8FN3. The van der Waals surface area contributed by atoms with Crippen molar-refractivity contribution in [3.63, 3.8) is 0 Å². The second-order valence-electron chi connectivity index (χ2n) is 1.99. The number of hydrogen-bond acceptors (Lipinski definition) is 2. The lowest BCUT2D eigenvalue weighted by atomic mass is 10.3. The maximum absolute atomic E-state index is 12.8. The van der Waals surface area contributed by atoms with E-state index in [2.05, 4.69) is 0 Å². The molecule has 3 N–H and O–H groups in total. The van der Waals surface area contributed by atoms with Crippen LogP contribution in [0.5, 0.6) is 0 Å². The van der Waals surface area contributed by atoms with E-state index in [9.17, 15) is 4.39 Å². The average Bonchev–Trinajstić information content (AvgIpc) is 2.04. The van der Waals surface area contributed by atoms with Crippen molar-refractivity contribution in [1.29, 1.82) is 5.41 Å². The second-order valence-corrected chi connectivity index (χ2v) is 1.99. The molecule has 0 saturated carbocycles. The summed E-state index contributed by atoms with van der Waals surface area (Å²) in [5.41, 5.74) is 0.197. The molecule has 3 nitrogen and oxygen atoms in total. The Kier molecular flexibility index (Phi) is 2.18. The molecular weight excluding hydrogens is 145 g/mol. The van der Waals surface area contributed by atoms with E-state index in [-0.39, 0.29) is 5.69 Å². The lowest BCUT2D eigenvalue weighted by Gasteiger charge is -2.11. The van der Waals surface area contributed by atoms with Crippen LogP contribution < -0.4 is 10.9 Å². The monoisotopic (exact) mass is 153 g/mol. The lowest BCUT2D eigenvalue weighted by molar-refractivity contribution is 0.627. The van der Waals surface area contributed by atoms with Crippen molar-refractivity contribution in [2.75, 3.05) is 5.01 Å². The molecule has 58 valence electrons. The van der Waals surface area contributed by atoms with Crippen molar-refractivity contribution in [2.24, 2.45) is 5.84 Å². The molecule has 0 aliphatic heterocycles. The van der Waals surface area contributed by atoms with Gasteiger partial charge in [0.1, 0.15) is 12.2 Å². The molecule has 0 radical (unpaired) electrons. The fourth-order valence-corrected chi connectivity index (χ4v) is 0.731. The van der Waals surface area contributed by atoms with E-state index in [0.29, 0.717) is 0 Å². The lowest BCUT2D eigenvalue weighted by Crippen LogP contribution is -2.29. The van der Waals surface area contributed by atoms with Crippen LogP contribution in [0, 0.1) is 11.2 Å². The Balaban J connectivity index is 3.02.